The van der Waals surface area contributed by atoms with Gasteiger partial charge in [-0.15, -0.1) is 0 Å². The Bertz CT molecular complexity index is 583. The molecule has 8 heteroatoms. The molecule has 0 aromatic rings. The van der Waals surface area contributed by atoms with Gasteiger partial charge in [-0.1, -0.05) is 0 Å². The third kappa shape index (κ3) is 3.46. The number of sulfonamides is 1. The minimum atomic E-state index is -3.26. The van der Waals surface area contributed by atoms with Gasteiger partial charge in [-0.25, -0.2) is 12.8 Å². The molecule has 0 unspecified atom stereocenters. The van der Waals surface area contributed by atoms with Gasteiger partial charge in [0.05, 0.1) is 12.9 Å². The lowest BCUT2D eigenvalue weighted by Crippen LogP contribution is -2.49. The van der Waals surface area contributed by atoms with E-state index in [0.717, 1.165) is 19.3 Å². The second kappa shape index (κ2) is 6.53. The van der Waals surface area contributed by atoms with E-state index < -0.39 is 16.2 Å². The summed E-state index contributed by atoms with van der Waals surface area (Å²) < 4.78 is 43.8. The molecule has 1 amide bonds. The number of piperidine rings is 1. The largest absolute Gasteiger partial charge is 0.383 e. The first kappa shape index (κ1) is 18.1. The molecule has 1 atom stereocenters. The smallest absolute Gasteiger partial charge is 0.225 e. The number of halogens is 1. The van der Waals surface area contributed by atoms with Gasteiger partial charge in [0.15, 0.2) is 0 Å². The summed E-state index contributed by atoms with van der Waals surface area (Å²) in [5.74, 6) is -0.0726. The molecule has 0 N–H and O–H groups in total. The highest BCUT2D eigenvalue weighted by molar-refractivity contribution is 7.88. The first-order valence-electron chi connectivity index (χ1n) is 8.63. The Kier molecular flexibility index (Phi) is 4.92. The summed E-state index contributed by atoms with van der Waals surface area (Å²) >= 11 is 0. The topological polar surface area (TPSA) is 66.9 Å². The third-order valence-corrected chi connectivity index (χ3v) is 7.20. The number of carbonyl (C=O) groups excluding carboxylic acids is 1. The maximum Gasteiger partial charge on any atom is 0.225 e. The molecule has 0 radical (unpaired) electrons. The molecule has 0 aromatic carbocycles. The second-order valence-corrected chi connectivity index (χ2v) is 9.65. The van der Waals surface area contributed by atoms with E-state index in [4.69, 9.17) is 4.74 Å². The van der Waals surface area contributed by atoms with E-state index in [9.17, 15) is 17.6 Å². The molecule has 3 fully saturated rings. The molecule has 0 bridgehead atoms. The molecule has 1 spiro atoms. The number of methoxy groups -OCH3 is 1. The Morgan fingerprint density at radius 2 is 1.92 bits per heavy atom. The maximum atomic E-state index is 13.0. The summed E-state index contributed by atoms with van der Waals surface area (Å²) in [6.45, 7) is 2.20. The lowest BCUT2D eigenvalue weighted by atomic mass is 9.75. The van der Waals surface area contributed by atoms with Crippen molar-refractivity contribution in [2.24, 2.45) is 11.3 Å². The van der Waals surface area contributed by atoms with Gasteiger partial charge in [0.1, 0.15) is 6.17 Å². The van der Waals surface area contributed by atoms with Crippen LogP contribution in [0.5, 0.6) is 0 Å². The van der Waals surface area contributed by atoms with E-state index in [1.54, 1.807) is 11.4 Å². The van der Waals surface area contributed by atoms with Gasteiger partial charge in [-0.05, 0) is 37.5 Å². The van der Waals surface area contributed by atoms with Crippen molar-refractivity contribution < 1.29 is 22.3 Å². The molecular weight excluding hydrogens is 335 g/mol. The lowest BCUT2D eigenvalue weighted by molar-refractivity contribution is -0.142. The zero-order chi connectivity index (χ0) is 17.5. The summed E-state index contributed by atoms with van der Waals surface area (Å²) in [5, 5.41) is 0. The van der Waals surface area contributed by atoms with Crippen LogP contribution in [-0.2, 0) is 19.6 Å². The van der Waals surface area contributed by atoms with E-state index in [0.29, 0.717) is 39.1 Å². The summed E-state index contributed by atoms with van der Waals surface area (Å²) in [5.41, 5.74) is -0.0642. The van der Waals surface area contributed by atoms with E-state index in [1.165, 1.54) is 6.26 Å². The van der Waals surface area contributed by atoms with Crippen molar-refractivity contribution in [2.45, 2.75) is 44.3 Å². The Hall–Kier alpha value is -0.730. The minimum Gasteiger partial charge on any atom is -0.383 e. The molecule has 1 saturated carbocycles. The number of rotatable bonds is 4. The Morgan fingerprint density at radius 3 is 2.42 bits per heavy atom. The molecule has 3 rings (SSSR count). The molecule has 1 aliphatic carbocycles. The van der Waals surface area contributed by atoms with Crippen LogP contribution in [0, 0.1) is 11.3 Å². The number of amides is 1. The average Bonchev–Trinajstić information content (AvgIpc) is 2.83. The van der Waals surface area contributed by atoms with Crippen LogP contribution in [0.1, 0.15) is 32.1 Å². The highest BCUT2D eigenvalue weighted by Crippen LogP contribution is 2.45. The first-order chi connectivity index (χ1) is 11.2. The summed E-state index contributed by atoms with van der Waals surface area (Å²) in [6, 6.07) is -0.119. The van der Waals surface area contributed by atoms with Gasteiger partial charge < -0.3 is 9.64 Å². The van der Waals surface area contributed by atoms with Crippen molar-refractivity contribution in [2.75, 3.05) is 39.6 Å². The number of hydrogen-bond donors (Lipinski definition) is 0. The second-order valence-electron chi connectivity index (χ2n) is 7.71. The molecular formula is C16H27FN2O4S. The average molecular weight is 362 g/mol. The van der Waals surface area contributed by atoms with Gasteiger partial charge in [0.25, 0.3) is 0 Å². The number of likely N-dealkylation sites (tertiary alicyclic amines) is 1. The summed E-state index contributed by atoms with van der Waals surface area (Å²) in [6.07, 6.45) is 3.54. The molecule has 2 aliphatic heterocycles. The van der Waals surface area contributed by atoms with Crippen LogP contribution < -0.4 is 0 Å². The highest BCUT2D eigenvalue weighted by Gasteiger charge is 2.49. The van der Waals surface area contributed by atoms with Crippen molar-refractivity contribution in [1.29, 1.82) is 0 Å². The van der Waals surface area contributed by atoms with Crippen LogP contribution in [0.3, 0.4) is 0 Å². The fraction of sp³-hybridized carbons (Fsp3) is 0.938. The Balaban J connectivity index is 1.61. The number of hydrogen-bond acceptors (Lipinski definition) is 4. The summed E-state index contributed by atoms with van der Waals surface area (Å²) in [7, 11) is -1.68. The van der Waals surface area contributed by atoms with Gasteiger partial charge in [0.2, 0.25) is 15.9 Å². The van der Waals surface area contributed by atoms with Crippen molar-refractivity contribution in [1.82, 2.24) is 9.21 Å². The maximum absolute atomic E-state index is 13.0. The number of alkyl halides is 1. The number of nitrogens with zero attached hydrogens (tertiary/aromatic N) is 2. The predicted octanol–water partition coefficient (Wildman–Crippen LogP) is 1.02. The number of ether oxygens (including phenoxy) is 1. The molecule has 138 valence electrons. The summed E-state index contributed by atoms with van der Waals surface area (Å²) in [4.78, 5) is 14.2. The van der Waals surface area contributed by atoms with Crippen molar-refractivity contribution in [3.8, 4) is 0 Å². The van der Waals surface area contributed by atoms with E-state index >= 15 is 0 Å². The van der Waals surface area contributed by atoms with Gasteiger partial charge in [0, 0.05) is 38.7 Å². The van der Waals surface area contributed by atoms with Crippen LogP contribution in [0.4, 0.5) is 4.39 Å². The van der Waals surface area contributed by atoms with E-state index in [1.807, 2.05) is 4.90 Å². The van der Waals surface area contributed by atoms with Crippen molar-refractivity contribution >= 4 is 15.9 Å². The molecule has 6 nitrogen and oxygen atoms in total. The molecule has 3 aliphatic rings. The number of carbonyl (C=O) groups is 1. The zero-order valence-electron chi connectivity index (χ0n) is 14.4. The third-order valence-electron chi connectivity index (χ3n) is 5.92. The van der Waals surface area contributed by atoms with E-state index in [2.05, 4.69) is 0 Å². The zero-order valence-corrected chi connectivity index (χ0v) is 15.2. The van der Waals surface area contributed by atoms with E-state index in [-0.39, 0.29) is 23.3 Å². The molecule has 2 saturated heterocycles. The molecule has 0 aromatic heterocycles. The quantitative estimate of drug-likeness (QED) is 0.749. The normalized spacial score (nSPS) is 33.6. The Morgan fingerprint density at radius 1 is 1.29 bits per heavy atom. The van der Waals surface area contributed by atoms with Crippen molar-refractivity contribution in [3.63, 3.8) is 0 Å². The lowest BCUT2D eigenvalue weighted by Gasteiger charge is -2.42. The SMILES string of the molecule is COC[C@@H]1CC2(CCN(C(=O)C3CC(F)C3)CC2)CN1S(C)(=O)=O. The standard InChI is InChI=1S/C16H27FN2O4S/c1-23-10-14-9-16(11-19(14)24(2,21)22)3-5-18(6-4-16)15(20)12-7-13(17)8-12/h12-14H,3-11H2,1-2H3/t12?,13?,14-/m0/s1. The first-order valence-corrected chi connectivity index (χ1v) is 10.5. The van der Waals surface area contributed by atoms with Crippen LogP contribution in [0.15, 0.2) is 0 Å². The minimum absolute atomic E-state index is 0.0642. The fourth-order valence-corrected chi connectivity index (χ4v) is 5.61. The van der Waals surface area contributed by atoms with Crippen LogP contribution in [0.2, 0.25) is 0 Å². The Labute approximate surface area is 143 Å². The fourth-order valence-electron chi connectivity index (χ4n) is 4.42. The van der Waals surface area contributed by atoms with Gasteiger partial charge in [-0.3, -0.25) is 4.79 Å². The van der Waals surface area contributed by atoms with Gasteiger partial charge in [-0.2, -0.15) is 4.31 Å². The van der Waals surface area contributed by atoms with Crippen molar-refractivity contribution in [3.05, 3.63) is 0 Å². The van der Waals surface area contributed by atoms with Crippen LogP contribution in [-0.4, -0.2) is 75.4 Å². The molecule has 2 heterocycles. The monoisotopic (exact) mass is 362 g/mol. The predicted molar refractivity (Wildman–Crippen MR) is 87.7 cm³/mol. The molecule has 24 heavy (non-hydrogen) atoms. The van der Waals surface area contributed by atoms with Crippen LogP contribution in [0.25, 0.3) is 0 Å². The highest BCUT2D eigenvalue weighted by atomic mass is 32.2. The van der Waals surface area contributed by atoms with Gasteiger partial charge >= 0.3 is 0 Å². The van der Waals surface area contributed by atoms with Crippen LogP contribution >= 0.6 is 0 Å².